The highest BCUT2D eigenvalue weighted by Crippen LogP contribution is 2.50. The smallest absolute Gasteiger partial charge is 0.166 e. The molecule has 0 N–H and O–H groups in total. The predicted molar refractivity (Wildman–Crippen MR) is 140 cm³/mol. The molecular weight excluding hydrogens is 428 g/mol. The molecule has 4 aromatic heterocycles. The van der Waals surface area contributed by atoms with Crippen molar-refractivity contribution in [3.05, 3.63) is 107 Å². The van der Waals surface area contributed by atoms with Crippen LogP contribution in [-0.4, -0.2) is 19.4 Å². The van der Waals surface area contributed by atoms with Crippen LogP contribution < -0.4 is 0 Å². The first kappa shape index (κ1) is 17.8. The fourth-order valence-corrected chi connectivity index (χ4v) is 6.56. The standard InChI is InChI=1S/C31H18N4/c1-2-6-19-17(5-1)15-24-20(19)10-9-18-16-25-21(27(18)24)11-12-23-28(25)22-7-3-13-32-29(22)35-30(23)34-26-8-4-14-33-31(26)35/h1-14H,15-16H2. The number of benzene rings is 3. The van der Waals surface area contributed by atoms with Crippen molar-refractivity contribution in [2.45, 2.75) is 12.8 Å². The van der Waals surface area contributed by atoms with Crippen molar-refractivity contribution >= 4 is 38.6 Å². The van der Waals surface area contributed by atoms with E-state index in [4.69, 9.17) is 9.97 Å². The maximum absolute atomic E-state index is 5.01. The zero-order valence-electron chi connectivity index (χ0n) is 18.8. The normalized spacial score (nSPS) is 13.5. The summed E-state index contributed by atoms with van der Waals surface area (Å²) in [5.41, 5.74) is 14.9. The minimum absolute atomic E-state index is 0.854. The highest BCUT2D eigenvalue weighted by atomic mass is 15.1. The second kappa shape index (κ2) is 6.10. The highest BCUT2D eigenvalue weighted by Gasteiger charge is 2.30. The first-order valence-electron chi connectivity index (χ1n) is 12.1. The Bertz CT molecular complexity index is 2070. The van der Waals surface area contributed by atoms with Crippen LogP contribution in [0.5, 0.6) is 0 Å². The van der Waals surface area contributed by atoms with Crippen LogP contribution >= 0.6 is 0 Å². The van der Waals surface area contributed by atoms with Gasteiger partial charge in [0.15, 0.2) is 5.65 Å². The molecule has 0 radical (unpaired) electrons. The number of nitrogens with zero attached hydrogens (tertiary/aromatic N) is 4. The minimum Gasteiger partial charge on any atom is -0.260 e. The molecule has 4 heterocycles. The molecule has 0 aliphatic heterocycles. The molecule has 0 spiro atoms. The van der Waals surface area contributed by atoms with Gasteiger partial charge in [-0.05, 0) is 87.7 Å². The van der Waals surface area contributed by atoms with Gasteiger partial charge in [0.2, 0.25) is 0 Å². The number of fused-ring (bicyclic) bond motifs is 16. The fraction of sp³-hybridized carbons (Fsp3) is 0.0645. The lowest BCUT2D eigenvalue weighted by Gasteiger charge is -2.12. The van der Waals surface area contributed by atoms with Gasteiger partial charge >= 0.3 is 0 Å². The molecule has 0 saturated heterocycles. The number of hydrogen-bond donors (Lipinski definition) is 0. The van der Waals surface area contributed by atoms with Crippen molar-refractivity contribution in [1.82, 2.24) is 19.4 Å². The molecule has 7 aromatic rings. The predicted octanol–water partition coefficient (Wildman–Crippen LogP) is 6.73. The summed E-state index contributed by atoms with van der Waals surface area (Å²) in [6, 6.07) is 26.3. The number of pyridine rings is 3. The third-order valence-electron chi connectivity index (χ3n) is 7.95. The number of rotatable bonds is 0. The van der Waals surface area contributed by atoms with Crippen LogP contribution in [0.4, 0.5) is 0 Å². The molecule has 2 aliphatic carbocycles. The zero-order chi connectivity index (χ0) is 22.7. The summed E-state index contributed by atoms with van der Waals surface area (Å²) in [6.07, 6.45) is 5.63. The van der Waals surface area contributed by atoms with E-state index in [0.717, 1.165) is 46.1 Å². The molecular formula is C31H18N4. The Kier molecular flexibility index (Phi) is 3.11. The molecule has 0 saturated carbocycles. The third-order valence-corrected chi connectivity index (χ3v) is 7.95. The average Bonchev–Trinajstić information content (AvgIpc) is 3.59. The van der Waals surface area contributed by atoms with Crippen LogP contribution in [0.25, 0.3) is 60.9 Å². The van der Waals surface area contributed by atoms with Gasteiger partial charge in [0.1, 0.15) is 16.8 Å². The molecule has 4 nitrogen and oxygen atoms in total. The first-order chi connectivity index (χ1) is 17.4. The summed E-state index contributed by atoms with van der Waals surface area (Å²) < 4.78 is 2.12. The van der Waals surface area contributed by atoms with Gasteiger partial charge in [-0.3, -0.25) is 4.40 Å². The Balaban J connectivity index is 1.42. The SMILES string of the molecule is c1ccc2c(c1)Cc1c-2ccc2c1-c1ccc3c(c1C2)c1cccnc1n1c2ncccc2nc31. The molecule has 4 heteroatoms. The van der Waals surface area contributed by atoms with Crippen LogP contribution in [0.15, 0.2) is 85.2 Å². The van der Waals surface area contributed by atoms with Crippen molar-refractivity contribution < 1.29 is 0 Å². The van der Waals surface area contributed by atoms with Crippen LogP contribution in [0, 0.1) is 0 Å². The van der Waals surface area contributed by atoms with Crippen LogP contribution in [-0.2, 0) is 12.8 Å². The molecule has 162 valence electrons. The Morgan fingerprint density at radius 1 is 0.571 bits per heavy atom. The van der Waals surface area contributed by atoms with Gasteiger partial charge in [-0.25, -0.2) is 15.0 Å². The summed E-state index contributed by atoms with van der Waals surface area (Å²) in [6.45, 7) is 0. The Labute approximate surface area is 200 Å². The summed E-state index contributed by atoms with van der Waals surface area (Å²) in [4.78, 5) is 14.5. The van der Waals surface area contributed by atoms with Gasteiger partial charge in [-0.15, -0.1) is 0 Å². The third kappa shape index (κ3) is 2.11. The Hall–Kier alpha value is -4.57. The Morgan fingerprint density at radius 3 is 2.34 bits per heavy atom. The van der Waals surface area contributed by atoms with Gasteiger partial charge in [0.05, 0.1) is 0 Å². The van der Waals surface area contributed by atoms with Crippen molar-refractivity contribution in [3.8, 4) is 22.3 Å². The maximum Gasteiger partial charge on any atom is 0.166 e. The highest BCUT2D eigenvalue weighted by molar-refractivity contribution is 6.16. The largest absolute Gasteiger partial charge is 0.260 e. The number of imidazole rings is 1. The fourth-order valence-electron chi connectivity index (χ4n) is 6.56. The minimum atomic E-state index is 0.854. The number of aromatic nitrogens is 4. The number of hydrogen-bond acceptors (Lipinski definition) is 3. The molecule has 0 amide bonds. The van der Waals surface area contributed by atoms with Crippen LogP contribution in [0.2, 0.25) is 0 Å². The van der Waals surface area contributed by atoms with Gasteiger partial charge in [0.25, 0.3) is 0 Å². The van der Waals surface area contributed by atoms with Gasteiger partial charge in [-0.1, -0.05) is 42.5 Å². The Morgan fingerprint density at radius 2 is 1.37 bits per heavy atom. The van der Waals surface area contributed by atoms with Crippen LogP contribution in [0.1, 0.15) is 22.3 Å². The lowest BCUT2D eigenvalue weighted by atomic mass is 9.94. The van der Waals surface area contributed by atoms with Crippen LogP contribution in [0.3, 0.4) is 0 Å². The van der Waals surface area contributed by atoms with Crippen molar-refractivity contribution in [2.75, 3.05) is 0 Å². The van der Waals surface area contributed by atoms with E-state index in [1.165, 1.54) is 49.9 Å². The molecule has 0 unspecified atom stereocenters. The van der Waals surface area contributed by atoms with Crippen molar-refractivity contribution in [1.29, 1.82) is 0 Å². The molecule has 35 heavy (non-hydrogen) atoms. The average molecular weight is 447 g/mol. The maximum atomic E-state index is 5.01. The van der Waals surface area contributed by atoms with Crippen molar-refractivity contribution in [2.24, 2.45) is 0 Å². The van der Waals surface area contributed by atoms with Crippen molar-refractivity contribution in [3.63, 3.8) is 0 Å². The molecule has 0 bridgehead atoms. The first-order valence-corrected chi connectivity index (χ1v) is 12.1. The lowest BCUT2D eigenvalue weighted by molar-refractivity contribution is 1.19. The van der Waals surface area contributed by atoms with Gasteiger partial charge < -0.3 is 0 Å². The van der Waals surface area contributed by atoms with Gasteiger partial charge in [0, 0.05) is 28.6 Å². The van der Waals surface area contributed by atoms with E-state index in [1.54, 1.807) is 0 Å². The van der Waals surface area contributed by atoms with Gasteiger partial charge in [-0.2, -0.15) is 0 Å². The second-order valence-electron chi connectivity index (χ2n) is 9.64. The summed E-state index contributed by atoms with van der Waals surface area (Å²) in [5, 5.41) is 3.59. The van der Waals surface area contributed by atoms with E-state index in [9.17, 15) is 0 Å². The van der Waals surface area contributed by atoms with E-state index in [1.807, 2.05) is 30.6 Å². The second-order valence-corrected chi connectivity index (χ2v) is 9.64. The summed E-state index contributed by atoms with van der Waals surface area (Å²) in [5.74, 6) is 0. The monoisotopic (exact) mass is 446 g/mol. The summed E-state index contributed by atoms with van der Waals surface area (Å²) >= 11 is 0. The van der Waals surface area contributed by atoms with E-state index < -0.39 is 0 Å². The molecule has 0 fully saturated rings. The molecule has 0 atom stereocenters. The quantitative estimate of drug-likeness (QED) is 0.243. The van der Waals surface area contributed by atoms with E-state index >= 15 is 0 Å². The summed E-state index contributed by atoms with van der Waals surface area (Å²) in [7, 11) is 0. The molecule has 2 aliphatic rings. The lowest BCUT2D eigenvalue weighted by Crippen LogP contribution is -1.97. The zero-order valence-corrected chi connectivity index (χ0v) is 18.8. The van der Waals surface area contributed by atoms with E-state index in [0.29, 0.717) is 0 Å². The molecule has 3 aromatic carbocycles. The van der Waals surface area contributed by atoms with E-state index in [2.05, 4.69) is 64.0 Å². The topological polar surface area (TPSA) is 43.1 Å². The van der Waals surface area contributed by atoms with E-state index in [-0.39, 0.29) is 0 Å². The molecule has 9 rings (SSSR count).